The second-order valence-electron chi connectivity index (χ2n) is 2.30. The van der Waals surface area contributed by atoms with Gasteiger partial charge in [0.05, 0.1) is 6.42 Å². The van der Waals surface area contributed by atoms with Crippen molar-refractivity contribution >= 4 is 23.0 Å². The highest BCUT2D eigenvalue weighted by Crippen LogP contribution is 2.24. The fourth-order valence-electron chi connectivity index (χ4n) is 0.812. The summed E-state index contributed by atoms with van der Waals surface area (Å²) in [4.78, 5) is 11.3. The van der Waals surface area contributed by atoms with Crippen LogP contribution in [-0.4, -0.2) is 11.1 Å². The van der Waals surface area contributed by atoms with Gasteiger partial charge in [0.2, 0.25) is 0 Å². The summed E-state index contributed by atoms with van der Waals surface area (Å²) in [6, 6.07) is 0. The second kappa shape index (κ2) is 2.92. The Labute approximate surface area is 68.5 Å². The van der Waals surface area contributed by atoms with Gasteiger partial charge in [-0.25, -0.2) is 0 Å². The molecule has 3 nitrogen and oxygen atoms in total. The van der Waals surface area contributed by atoms with E-state index in [0.29, 0.717) is 5.69 Å². The second-order valence-corrected chi connectivity index (χ2v) is 3.39. The van der Waals surface area contributed by atoms with E-state index in [1.807, 2.05) is 6.92 Å². The molecule has 0 atom stereocenters. The van der Waals surface area contributed by atoms with Crippen LogP contribution in [0.2, 0.25) is 0 Å². The summed E-state index contributed by atoms with van der Waals surface area (Å²) in [5.41, 5.74) is 6.94. The molecule has 0 fully saturated rings. The first-order valence-electron chi connectivity index (χ1n) is 3.15. The third kappa shape index (κ3) is 1.71. The molecule has 1 aromatic rings. The van der Waals surface area contributed by atoms with Gasteiger partial charge in [-0.3, -0.25) is 4.79 Å². The highest BCUT2D eigenvalue weighted by Gasteiger charge is 2.07. The molecule has 0 unspecified atom stereocenters. The molecule has 0 spiro atoms. The van der Waals surface area contributed by atoms with E-state index in [9.17, 15) is 4.79 Å². The fourth-order valence-corrected chi connectivity index (χ4v) is 1.60. The van der Waals surface area contributed by atoms with Crippen LogP contribution in [0.25, 0.3) is 0 Å². The zero-order chi connectivity index (χ0) is 8.43. The van der Waals surface area contributed by atoms with Crippen molar-refractivity contribution in [3.63, 3.8) is 0 Å². The lowest BCUT2D eigenvalue weighted by atomic mass is 10.2. The van der Waals surface area contributed by atoms with E-state index in [1.54, 1.807) is 5.38 Å². The van der Waals surface area contributed by atoms with Gasteiger partial charge in [-0.05, 0) is 17.9 Å². The van der Waals surface area contributed by atoms with Crippen LogP contribution in [0.5, 0.6) is 0 Å². The molecule has 1 rings (SSSR count). The van der Waals surface area contributed by atoms with Crippen molar-refractivity contribution in [3.05, 3.63) is 15.8 Å². The average molecular weight is 171 g/mol. The number of nitrogen functional groups attached to an aromatic ring is 1. The number of carbonyl (C=O) groups is 1. The number of hydrogen-bond donors (Lipinski definition) is 2. The summed E-state index contributed by atoms with van der Waals surface area (Å²) >= 11 is 1.48. The Balaban J connectivity index is 2.87. The highest BCUT2D eigenvalue weighted by atomic mass is 32.1. The van der Waals surface area contributed by atoms with Crippen molar-refractivity contribution in [2.24, 2.45) is 0 Å². The highest BCUT2D eigenvalue weighted by molar-refractivity contribution is 7.10. The predicted octanol–water partition coefficient (Wildman–Crippen LogP) is 1.27. The largest absolute Gasteiger partial charge is 0.481 e. The lowest BCUT2D eigenvalue weighted by Crippen LogP contribution is -2.01. The molecule has 3 N–H and O–H groups in total. The summed E-state index contributed by atoms with van der Waals surface area (Å²) < 4.78 is 0. The van der Waals surface area contributed by atoms with Crippen LogP contribution in [0.3, 0.4) is 0 Å². The molecule has 0 aliphatic rings. The van der Waals surface area contributed by atoms with Gasteiger partial charge >= 0.3 is 5.97 Å². The zero-order valence-corrected chi connectivity index (χ0v) is 6.94. The van der Waals surface area contributed by atoms with Crippen LogP contribution in [-0.2, 0) is 11.2 Å². The van der Waals surface area contributed by atoms with Gasteiger partial charge in [0.25, 0.3) is 0 Å². The Kier molecular flexibility index (Phi) is 2.14. The minimum atomic E-state index is -0.838. The molecule has 0 aliphatic carbocycles. The number of thiophene rings is 1. The number of aryl methyl sites for hydroxylation is 1. The van der Waals surface area contributed by atoms with Gasteiger partial charge in [0.1, 0.15) is 0 Å². The molecule has 0 aromatic carbocycles. The summed E-state index contributed by atoms with van der Waals surface area (Å²) in [7, 11) is 0. The summed E-state index contributed by atoms with van der Waals surface area (Å²) in [5, 5.41) is 10.2. The molecule has 0 bridgehead atoms. The molecular weight excluding hydrogens is 162 g/mol. The summed E-state index contributed by atoms with van der Waals surface area (Å²) in [6.07, 6.45) is 0.0240. The van der Waals surface area contributed by atoms with Gasteiger partial charge in [-0.1, -0.05) is 0 Å². The number of hydrogen-bond acceptors (Lipinski definition) is 3. The van der Waals surface area contributed by atoms with E-state index < -0.39 is 5.97 Å². The van der Waals surface area contributed by atoms with Gasteiger partial charge < -0.3 is 10.8 Å². The lowest BCUT2D eigenvalue weighted by molar-refractivity contribution is -0.136. The molecule has 0 saturated carbocycles. The summed E-state index contributed by atoms with van der Waals surface area (Å²) in [5.74, 6) is -0.838. The smallest absolute Gasteiger partial charge is 0.307 e. The van der Waals surface area contributed by atoms with E-state index in [-0.39, 0.29) is 6.42 Å². The minimum Gasteiger partial charge on any atom is -0.481 e. The van der Waals surface area contributed by atoms with Crippen LogP contribution in [0.15, 0.2) is 5.38 Å². The maximum absolute atomic E-state index is 10.3. The van der Waals surface area contributed by atoms with Crippen LogP contribution >= 0.6 is 11.3 Å². The quantitative estimate of drug-likeness (QED) is 0.704. The maximum Gasteiger partial charge on any atom is 0.307 e. The molecule has 60 valence electrons. The van der Waals surface area contributed by atoms with Gasteiger partial charge in [0, 0.05) is 10.6 Å². The van der Waals surface area contributed by atoms with Crippen molar-refractivity contribution in [2.45, 2.75) is 13.3 Å². The monoisotopic (exact) mass is 171 g/mol. The van der Waals surface area contributed by atoms with Gasteiger partial charge in [-0.2, -0.15) is 0 Å². The first-order chi connectivity index (χ1) is 5.11. The van der Waals surface area contributed by atoms with Crippen LogP contribution in [0.4, 0.5) is 5.69 Å². The number of aliphatic carboxylic acids is 1. The number of nitrogens with two attached hydrogens (primary N) is 1. The maximum atomic E-state index is 10.3. The van der Waals surface area contributed by atoms with Gasteiger partial charge in [0.15, 0.2) is 0 Å². The van der Waals surface area contributed by atoms with Crippen LogP contribution in [0.1, 0.15) is 10.4 Å². The van der Waals surface area contributed by atoms with Crippen LogP contribution in [0, 0.1) is 6.92 Å². The van der Waals surface area contributed by atoms with Crippen molar-refractivity contribution in [2.75, 3.05) is 5.73 Å². The Hall–Kier alpha value is -1.03. The van der Waals surface area contributed by atoms with E-state index in [0.717, 1.165) is 10.4 Å². The molecule has 1 aromatic heterocycles. The SMILES string of the molecule is Cc1scc(CC(=O)O)c1N. The van der Waals surface area contributed by atoms with E-state index in [4.69, 9.17) is 10.8 Å². The van der Waals surface area contributed by atoms with Crippen LogP contribution < -0.4 is 5.73 Å². The molecule has 0 amide bonds. The molecule has 0 aliphatic heterocycles. The van der Waals surface area contributed by atoms with E-state index in [2.05, 4.69) is 0 Å². The van der Waals surface area contributed by atoms with Crippen molar-refractivity contribution < 1.29 is 9.90 Å². The fraction of sp³-hybridized carbons (Fsp3) is 0.286. The average Bonchev–Trinajstić information content (AvgIpc) is 2.18. The molecule has 4 heteroatoms. The van der Waals surface area contributed by atoms with Crippen molar-refractivity contribution in [1.82, 2.24) is 0 Å². The number of anilines is 1. The van der Waals surface area contributed by atoms with E-state index >= 15 is 0 Å². The molecular formula is C7H9NO2S. The normalized spacial score (nSPS) is 9.91. The Bertz CT molecular complexity index is 280. The standard InChI is InChI=1S/C7H9NO2S/c1-4-7(8)5(3-11-4)2-6(9)10/h3H,2,8H2,1H3,(H,9,10). The summed E-state index contributed by atoms with van der Waals surface area (Å²) in [6.45, 7) is 1.88. The first-order valence-corrected chi connectivity index (χ1v) is 4.03. The topological polar surface area (TPSA) is 63.3 Å². The number of rotatable bonds is 2. The van der Waals surface area contributed by atoms with E-state index in [1.165, 1.54) is 11.3 Å². The predicted molar refractivity (Wildman–Crippen MR) is 44.8 cm³/mol. The minimum absolute atomic E-state index is 0.0240. The zero-order valence-electron chi connectivity index (χ0n) is 6.13. The number of carboxylic acids is 1. The third-order valence-electron chi connectivity index (χ3n) is 1.44. The lowest BCUT2D eigenvalue weighted by Gasteiger charge is -1.94. The van der Waals surface area contributed by atoms with Crippen molar-refractivity contribution in [1.29, 1.82) is 0 Å². The molecule has 0 radical (unpaired) electrons. The van der Waals surface area contributed by atoms with Crippen molar-refractivity contribution in [3.8, 4) is 0 Å². The molecule has 1 heterocycles. The number of carboxylic acid groups (broad SMARTS) is 1. The first kappa shape index (κ1) is 8.07. The Morgan fingerprint density at radius 3 is 2.82 bits per heavy atom. The Morgan fingerprint density at radius 1 is 1.82 bits per heavy atom. The molecule has 0 saturated heterocycles. The molecule has 11 heavy (non-hydrogen) atoms. The Morgan fingerprint density at radius 2 is 2.45 bits per heavy atom. The third-order valence-corrected chi connectivity index (χ3v) is 2.42. The van der Waals surface area contributed by atoms with Gasteiger partial charge in [-0.15, -0.1) is 11.3 Å².